The Morgan fingerprint density at radius 1 is 1.21 bits per heavy atom. The van der Waals surface area contributed by atoms with Crippen LogP contribution in [0.25, 0.3) is 0 Å². The van der Waals surface area contributed by atoms with Crippen molar-refractivity contribution in [2.75, 3.05) is 0 Å². The molecule has 76 valence electrons. The van der Waals surface area contributed by atoms with E-state index in [-0.39, 0.29) is 11.5 Å². The summed E-state index contributed by atoms with van der Waals surface area (Å²) in [5, 5.41) is 10.1. The third-order valence-electron chi connectivity index (χ3n) is 3.59. The largest absolute Gasteiger partial charge is 0.392 e. The van der Waals surface area contributed by atoms with Crippen molar-refractivity contribution in [3.05, 3.63) is 35.9 Å². The highest BCUT2D eigenvalue weighted by Gasteiger charge is 2.36. The van der Waals surface area contributed by atoms with E-state index in [1.54, 1.807) is 0 Å². The third-order valence-corrected chi connectivity index (χ3v) is 3.59. The second-order valence-electron chi connectivity index (χ2n) is 4.55. The molecule has 0 aliphatic heterocycles. The SMILES string of the molecule is C[C@]1(c2ccccc2)CCCC[C@H]1O. The van der Waals surface area contributed by atoms with E-state index in [9.17, 15) is 5.11 Å². The molecule has 2 rings (SSSR count). The summed E-state index contributed by atoms with van der Waals surface area (Å²) in [7, 11) is 0. The molecule has 0 amide bonds. The summed E-state index contributed by atoms with van der Waals surface area (Å²) in [4.78, 5) is 0. The minimum absolute atomic E-state index is 0.0144. The van der Waals surface area contributed by atoms with Gasteiger partial charge in [0, 0.05) is 5.41 Å². The molecule has 0 saturated heterocycles. The molecule has 14 heavy (non-hydrogen) atoms. The summed E-state index contributed by atoms with van der Waals surface area (Å²) in [5.41, 5.74) is 1.27. The van der Waals surface area contributed by atoms with Gasteiger partial charge in [-0.2, -0.15) is 0 Å². The fourth-order valence-corrected chi connectivity index (χ4v) is 2.47. The number of hydrogen-bond donors (Lipinski definition) is 1. The lowest BCUT2D eigenvalue weighted by Gasteiger charge is -2.39. The highest BCUT2D eigenvalue weighted by molar-refractivity contribution is 5.26. The molecular formula is C13H18O. The standard InChI is InChI=1S/C13H18O/c1-13(10-6-5-9-12(13)14)11-7-3-2-4-8-11/h2-4,7-8,12,14H,5-6,9-10H2,1H3/t12-,13-/m1/s1. The summed E-state index contributed by atoms with van der Waals surface area (Å²) in [6.45, 7) is 2.19. The normalized spacial score (nSPS) is 32.9. The van der Waals surface area contributed by atoms with E-state index in [0.717, 1.165) is 12.8 Å². The van der Waals surface area contributed by atoms with Crippen LogP contribution in [0.1, 0.15) is 38.2 Å². The Labute approximate surface area is 85.8 Å². The van der Waals surface area contributed by atoms with Crippen LogP contribution in [-0.2, 0) is 5.41 Å². The molecule has 0 radical (unpaired) electrons. The lowest BCUT2D eigenvalue weighted by Crippen LogP contribution is -2.39. The molecule has 1 aromatic carbocycles. The summed E-state index contributed by atoms with van der Waals surface area (Å²) in [6, 6.07) is 10.4. The zero-order chi connectivity index (χ0) is 10.0. The van der Waals surface area contributed by atoms with Gasteiger partial charge in [0.1, 0.15) is 0 Å². The molecular weight excluding hydrogens is 172 g/mol. The first-order chi connectivity index (χ1) is 6.73. The van der Waals surface area contributed by atoms with Gasteiger partial charge in [0.05, 0.1) is 6.10 Å². The van der Waals surface area contributed by atoms with Crippen molar-refractivity contribution >= 4 is 0 Å². The smallest absolute Gasteiger partial charge is 0.0634 e. The second kappa shape index (κ2) is 3.74. The topological polar surface area (TPSA) is 20.2 Å². The van der Waals surface area contributed by atoms with E-state index in [4.69, 9.17) is 0 Å². The van der Waals surface area contributed by atoms with Crippen molar-refractivity contribution in [3.63, 3.8) is 0 Å². The molecule has 1 saturated carbocycles. The van der Waals surface area contributed by atoms with E-state index in [0.29, 0.717) is 0 Å². The number of aliphatic hydroxyl groups excluding tert-OH is 1. The molecule has 1 nitrogen and oxygen atoms in total. The predicted octanol–water partition coefficient (Wildman–Crippen LogP) is 2.88. The molecule has 0 bridgehead atoms. The average Bonchev–Trinajstić information content (AvgIpc) is 2.24. The van der Waals surface area contributed by atoms with Crippen molar-refractivity contribution < 1.29 is 5.11 Å². The predicted molar refractivity (Wildman–Crippen MR) is 58.3 cm³/mol. The maximum absolute atomic E-state index is 10.1. The van der Waals surface area contributed by atoms with E-state index in [1.807, 2.05) is 6.07 Å². The number of hydrogen-bond acceptors (Lipinski definition) is 1. The van der Waals surface area contributed by atoms with Crippen molar-refractivity contribution in [3.8, 4) is 0 Å². The second-order valence-corrected chi connectivity index (χ2v) is 4.55. The Kier molecular flexibility index (Phi) is 2.60. The van der Waals surface area contributed by atoms with Gasteiger partial charge in [-0.3, -0.25) is 0 Å². The Balaban J connectivity index is 2.30. The van der Waals surface area contributed by atoms with Crippen LogP contribution < -0.4 is 0 Å². The van der Waals surface area contributed by atoms with Gasteiger partial charge in [-0.25, -0.2) is 0 Å². The summed E-state index contributed by atoms with van der Waals surface area (Å²) in [5.74, 6) is 0. The van der Waals surface area contributed by atoms with E-state index >= 15 is 0 Å². The molecule has 1 heteroatoms. The lowest BCUT2D eigenvalue weighted by atomic mass is 9.69. The van der Waals surface area contributed by atoms with E-state index < -0.39 is 0 Å². The molecule has 0 aromatic heterocycles. The van der Waals surface area contributed by atoms with Crippen LogP contribution in [0, 0.1) is 0 Å². The number of benzene rings is 1. The Bertz CT molecular complexity index is 293. The minimum Gasteiger partial charge on any atom is -0.392 e. The number of aliphatic hydroxyl groups is 1. The van der Waals surface area contributed by atoms with Crippen LogP contribution in [0.5, 0.6) is 0 Å². The van der Waals surface area contributed by atoms with Gasteiger partial charge < -0.3 is 5.11 Å². The van der Waals surface area contributed by atoms with Crippen LogP contribution in [0.15, 0.2) is 30.3 Å². The molecule has 1 aliphatic rings. The first-order valence-electron chi connectivity index (χ1n) is 5.47. The first-order valence-corrected chi connectivity index (χ1v) is 5.47. The van der Waals surface area contributed by atoms with Crippen LogP contribution >= 0.6 is 0 Å². The van der Waals surface area contributed by atoms with Crippen molar-refractivity contribution in [2.45, 2.75) is 44.1 Å². The zero-order valence-corrected chi connectivity index (χ0v) is 8.74. The van der Waals surface area contributed by atoms with Gasteiger partial charge in [0.15, 0.2) is 0 Å². The van der Waals surface area contributed by atoms with Crippen LogP contribution in [0.3, 0.4) is 0 Å². The minimum atomic E-state index is -0.168. The summed E-state index contributed by atoms with van der Waals surface area (Å²) >= 11 is 0. The van der Waals surface area contributed by atoms with Gasteiger partial charge in [-0.05, 0) is 18.4 Å². The molecule has 1 aliphatic carbocycles. The van der Waals surface area contributed by atoms with E-state index in [2.05, 4.69) is 31.2 Å². The highest BCUT2D eigenvalue weighted by atomic mass is 16.3. The fourth-order valence-electron chi connectivity index (χ4n) is 2.47. The van der Waals surface area contributed by atoms with Crippen molar-refractivity contribution in [2.24, 2.45) is 0 Å². The molecule has 0 unspecified atom stereocenters. The zero-order valence-electron chi connectivity index (χ0n) is 8.74. The first kappa shape index (κ1) is 9.72. The molecule has 2 atom stereocenters. The van der Waals surface area contributed by atoms with Crippen molar-refractivity contribution in [1.29, 1.82) is 0 Å². The maximum atomic E-state index is 10.1. The van der Waals surface area contributed by atoms with Gasteiger partial charge in [0.25, 0.3) is 0 Å². The average molecular weight is 190 g/mol. The Morgan fingerprint density at radius 2 is 1.93 bits per heavy atom. The van der Waals surface area contributed by atoms with Crippen LogP contribution in [-0.4, -0.2) is 11.2 Å². The molecule has 1 N–H and O–H groups in total. The van der Waals surface area contributed by atoms with Gasteiger partial charge in [-0.15, -0.1) is 0 Å². The lowest BCUT2D eigenvalue weighted by molar-refractivity contribution is 0.0521. The monoisotopic (exact) mass is 190 g/mol. The molecule has 0 spiro atoms. The summed E-state index contributed by atoms with van der Waals surface area (Å²) < 4.78 is 0. The number of rotatable bonds is 1. The third kappa shape index (κ3) is 1.57. The Hall–Kier alpha value is -0.820. The van der Waals surface area contributed by atoms with Gasteiger partial charge in [0.2, 0.25) is 0 Å². The Morgan fingerprint density at radius 3 is 2.57 bits per heavy atom. The summed E-state index contributed by atoms with van der Waals surface area (Å²) in [6.07, 6.45) is 4.30. The van der Waals surface area contributed by atoms with Crippen molar-refractivity contribution in [1.82, 2.24) is 0 Å². The maximum Gasteiger partial charge on any atom is 0.0634 e. The van der Waals surface area contributed by atoms with E-state index in [1.165, 1.54) is 18.4 Å². The quantitative estimate of drug-likeness (QED) is 0.722. The molecule has 1 aromatic rings. The molecule has 0 heterocycles. The fraction of sp³-hybridized carbons (Fsp3) is 0.538. The van der Waals surface area contributed by atoms with Crippen LogP contribution in [0.4, 0.5) is 0 Å². The van der Waals surface area contributed by atoms with Gasteiger partial charge in [-0.1, -0.05) is 50.1 Å². The van der Waals surface area contributed by atoms with Gasteiger partial charge >= 0.3 is 0 Å². The van der Waals surface area contributed by atoms with Crippen LogP contribution in [0.2, 0.25) is 0 Å². The highest BCUT2D eigenvalue weighted by Crippen LogP contribution is 2.38. The molecule has 1 fully saturated rings.